The summed E-state index contributed by atoms with van der Waals surface area (Å²) in [7, 11) is 0. The number of thiophene rings is 1. The molecule has 3 aromatic rings. The van der Waals surface area contributed by atoms with E-state index in [9.17, 15) is 14.0 Å². The first-order valence-electron chi connectivity index (χ1n) is 9.56. The molecular formula is C21H21FN4O2S. The lowest BCUT2D eigenvalue weighted by Crippen LogP contribution is -2.41. The first-order chi connectivity index (χ1) is 14.0. The normalized spacial score (nSPS) is 13.4. The molecule has 0 bridgehead atoms. The minimum absolute atomic E-state index is 0.258. The molecule has 8 heteroatoms. The molecule has 0 fully saturated rings. The number of para-hydroxylation sites is 1. The highest BCUT2D eigenvalue weighted by atomic mass is 32.1. The number of hydrazine groups is 1. The Kier molecular flexibility index (Phi) is 5.44. The molecule has 0 saturated carbocycles. The average molecular weight is 412 g/mol. The van der Waals surface area contributed by atoms with Crippen molar-refractivity contribution in [1.82, 2.24) is 20.6 Å². The maximum Gasteiger partial charge on any atom is 0.279 e. The maximum absolute atomic E-state index is 14.0. The molecule has 4 rings (SSSR count). The van der Waals surface area contributed by atoms with Crippen LogP contribution in [-0.4, -0.2) is 21.6 Å². The van der Waals surface area contributed by atoms with E-state index in [-0.39, 0.29) is 17.2 Å². The van der Waals surface area contributed by atoms with Crippen molar-refractivity contribution in [2.24, 2.45) is 0 Å². The molecular weight excluding hydrogens is 391 g/mol. The number of carbonyl (C=O) groups excluding carboxylic acids is 2. The van der Waals surface area contributed by atoms with Crippen LogP contribution < -0.4 is 10.9 Å². The molecule has 0 radical (unpaired) electrons. The van der Waals surface area contributed by atoms with Gasteiger partial charge in [0.1, 0.15) is 11.5 Å². The van der Waals surface area contributed by atoms with Crippen LogP contribution in [0.3, 0.4) is 0 Å². The quantitative estimate of drug-likeness (QED) is 0.508. The van der Waals surface area contributed by atoms with Crippen LogP contribution in [0, 0.1) is 12.7 Å². The molecule has 1 aromatic carbocycles. The monoisotopic (exact) mass is 412 g/mol. The Balaban J connectivity index is 1.44. The van der Waals surface area contributed by atoms with Crippen molar-refractivity contribution in [3.8, 4) is 5.69 Å². The zero-order valence-corrected chi connectivity index (χ0v) is 16.8. The Hall–Kier alpha value is -3.00. The van der Waals surface area contributed by atoms with Gasteiger partial charge in [0, 0.05) is 4.88 Å². The van der Waals surface area contributed by atoms with Gasteiger partial charge >= 0.3 is 0 Å². The molecule has 150 valence electrons. The van der Waals surface area contributed by atoms with Crippen LogP contribution in [0.2, 0.25) is 0 Å². The molecule has 1 aliphatic carbocycles. The second-order valence-corrected chi connectivity index (χ2v) is 8.17. The van der Waals surface area contributed by atoms with Gasteiger partial charge in [-0.1, -0.05) is 18.6 Å². The van der Waals surface area contributed by atoms with E-state index in [2.05, 4.69) is 16.0 Å². The number of rotatable bonds is 3. The predicted octanol–water partition coefficient (Wildman–Crippen LogP) is 3.73. The number of halogens is 1. The molecule has 0 saturated heterocycles. The van der Waals surface area contributed by atoms with Gasteiger partial charge in [-0.15, -0.1) is 11.3 Å². The van der Waals surface area contributed by atoms with Gasteiger partial charge in [0.05, 0.1) is 22.3 Å². The van der Waals surface area contributed by atoms with Crippen molar-refractivity contribution in [1.29, 1.82) is 0 Å². The molecule has 29 heavy (non-hydrogen) atoms. The fraction of sp³-hybridized carbons (Fsp3) is 0.286. The number of hydrogen-bond donors (Lipinski definition) is 2. The van der Waals surface area contributed by atoms with Gasteiger partial charge in [-0.2, -0.15) is 5.10 Å². The van der Waals surface area contributed by atoms with E-state index in [0.29, 0.717) is 10.6 Å². The summed E-state index contributed by atoms with van der Waals surface area (Å²) >= 11 is 1.49. The van der Waals surface area contributed by atoms with Crippen molar-refractivity contribution < 1.29 is 14.0 Å². The van der Waals surface area contributed by atoms with E-state index in [1.807, 2.05) is 6.07 Å². The van der Waals surface area contributed by atoms with Gasteiger partial charge in [0.25, 0.3) is 11.8 Å². The average Bonchev–Trinajstić information content (AvgIpc) is 3.23. The second-order valence-electron chi connectivity index (χ2n) is 7.03. The highest BCUT2D eigenvalue weighted by molar-refractivity contribution is 7.14. The van der Waals surface area contributed by atoms with E-state index in [4.69, 9.17) is 0 Å². The van der Waals surface area contributed by atoms with Gasteiger partial charge in [-0.05, 0) is 56.4 Å². The van der Waals surface area contributed by atoms with E-state index in [1.165, 1.54) is 45.1 Å². The number of nitrogens with one attached hydrogen (secondary N) is 2. The number of amides is 2. The highest BCUT2D eigenvalue weighted by Crippen LogP contribution is 2.28. The molecule has 6 nitrogen and oxygen atoms in total. The van der Waals surface area contributed by atoms with Gasteiger partial charge in [-0.25, -0.2) is 9.07 Å². The van der Waals surface area contributed by atoms with E-state index < -0.39 is 11.7 Å². The zero-order chi connectivity index (χ0) is 20.4. The summed E-state index contributed by atoms with van der Waals surface area (Å²) in [5.74, 6) is -1.27. The van der Waals surface area contributed by atoms with Crippen LogP contribution in [0.4, 0.5) is 4.39 Å². The summed E-state index contributed by atoms with van der Waals surface area (Å²) in [6.45, 7) is 1.67. The molecule has 2 aromatic heterocycles. The largest absolute Gasteiger partial charge is 0.279 e. The number of hydrogen-bond acceptors (Lipinski definition) is 4. The van der Waals surface area contributed by atoms with Crippen LogP contribution in [0.15, 0.2) is 36.5 Å². The summed E-state index contributed by atoms with van der Waals surface area (Å²) in [5, 5.41) is 4.11. The molecule has 0 aliphatic heterocycles. The molecule has 1 aliphatic rings. The topological polar surface area (TPSA) is 76.0 Å². The minimum Gasteiger partial charge on any atom is -0.267 e. The van der Waals surface area contributed by atoms with E-state index >= 15 is 0 Å². The molecule has 2 heterocycles. The fourth-order valence-corrected chi connectivity index (χ4v) is 4.67. The summed E-state index contributed by atoms with van der Waals surface area (Å²) in [6, 6.07) is 8.12. The van der Waals surface area contributed by atoms with Gasteiger partial charge in [0.2, 0.25) is 0 Å². The van der Waals surface area contributed by atoms with Crippen molar-refractivity contribution in [2.45, 2.75) is 39.0 Å². The lowest BCUT2D eigenvalue weighted by atomic mass is 10.1. The Morgan fingerprint density at radius 1 is 1.10 bits per heavy atom. The standard InChI is InChI=1S/C21H21FN4O2S/c1-13-15(12-23-26(13)17-9-6-5-8-16(17)22)20(27)24-25-21(28)19-11-14-7-3-2-4-10-18(14)29-19/h5-6,8-9,11-12H,2-4,7,10H2,1H3,(H,24,27)(H,25,28). The van der Waals surface area contributed by atoms with E-state index in [0.717, 1.165) is 25.7 Å². The van der Waals surface area contributed by atoms with Gasteiger partial charge in [0.15, 0.2) is 0 Å². The number of nitrogens with zero attached hydrogens (tertiary/aromatic N) is 2. The molecule has 0 unspecified atom stereocenters. The molecule has 2 amide bonds. The Bertz CT molecular complexity index is 1050. The second kappa shape index (κ2) is 8.16. The third-order valence-corrected chi connectivity index (χ3v) is 6.33. The predicted molar refractivity (Wildman–Crippen MR) is 109 cm³/mol. The number of aromatic nitrogens is 2. The summed E-state index contributed by atoms with van der Waals surface area (Å²) < 4.78 is 15.4. The fourth-order valence-electron chi connectivity index (χ4n) is 3.52. The summed E-state index contributed by atoms with van der Waals surface area (Å²) in [5.41, 5.74) is 7.14. The van der Waals surface area contributed by atoms with Crippen molar-refractivity contribution >= 4 is 23.2 Å². The molecule has 2 N–H and O–H groups in total. The number of aryl methyl sites for hydroxylation is 2. The van der Waals surface area contributed by atoms with Crippen LogP contribution in [0.5, 0.6) is 0 Å². The smallest absolute Gasteiger partial charge is 0.267 e. The third-order valence-electron chi connectivity index (χ3n) is 5.10. The molecule has 0 spiro atoms. The Morgan fingerprint density at radius 2 is 1.86 bits per heavy atom. The Labute approximate surface area is 171 Å². The first-order valence-corrected chi connectivity index (χ1v) is 10.4. The molecule has 0 atom stereocenters. The maximum atomic E-state index is 14.0. The lowest BCUT2D eigenvalue weighted by Gasteiger charge is -2.08. The van der Waals surface area contributed by atoms with Crippen LogP contribution in [-0.2, 0) is 12.8 Å². The summed E-state index contributed by atoms with van der Waals surface area (Å²) in [6.07, 6.45) is 6.88. The van der Waals surface area contributed by atoms with Crippen LogP contribution in [0.25, 0.3) is 5.69 Å². The Morgan fingerprint density at radius 3 is 2.69 bits per heavy atom. The van der Waals surface area contributed by atoms with Crippen molar-refractivity contribution in [3.05, 3.63) is 68.9 Å². The van der Waals surface area contributed by atoms with Crippen LogP contribution in [0.1, 0.15) is 55.4 Å². The number of benzene rings is 1. The minimum atomic E-state index is -0.503. The van der Waals surface area contributed by atoms with Crippen LogP contribution >= 0.6 is 11.3 Å². The third kappa shape index (κ3) is 3.93. The van der Waals surface area contributed by atoms with Gasteiger partial charge in [-0.3, -0.25) is 20.4 Å². The SMILES string of the molecule is Cc1c(C(=O)NNC(=O)c2cc3c(s2)CCCCC3)cnn1-c1ccccc1F. The first kappa shape index (κ1) is 19.3. The highest BCUT2D eigenvalue weighted by Gasteiger charge is 2.19. The number of carbonyl (C=O) groups is 2. The van der Waals surface area contributed by atoms with Crippen molar-refractivity contribution in [3.63, 3.8) is 0 Å². The van der Waals surface area contributed by atoms with Gasteiger partial charge < -0.3 is 0 Å². The lowest BCUT2D eigenvalue weighted by molar-refractivity contribution is 0.0848. The van der Waals surface area contributed by atoms with Crippen molar-refractivity contribution in [2.75, 3.05) is 0 Å². The summed E-state index contributed by atoms with van der Waals surface area (Å²) in [4.78, 5) is 26.8. The number of fused-ring (bicyclic) bond motifs is 1. The zero-order valence-electron chi connectivity index (χ0n) is 16.0. The van der Waals surface area contributed by atoms with E-state index in [1.54, 1.807) is 25.1 Å².